The van der Waals surface area contributed by atoms with E-state index in [9.17, 15) is 14.4 Å². The van der Waals surface area contributed by atoms with E-state index in [2.05, 4.69) is 27.7 Å². The summed E-state index contributed by atoms with van der Waals surface area (Å²) in [5.41, 5.74) is 3.91. The summed E-state index contributed by atoms with van der Waals surface area (Å²) >= 11 is 0. The van der Waals surface area contributed by atoms with Gasteiger partial charge in [0.05, 0.1) is 18.1 Å². The third-order valence-electron chi connectivity index (χ3n) is 7.30. The number of aryl methyl sites for hydroxylation is 2. The number of carbonyl (C=O) groups excluding carboxylic acids is 3. The van der Waals surface area contributed by atoms with Crippen molar-refractivity contribution in [1.82, 2.24) is 4.90 Å². The minimum atomic E-state index is -0.984. The van der Waals surface area contributed by atoms with Gasteiger partial charge < -0.3 is 15.4 Å². The summed E-state index contributed by atoms with van der Waals surface area (Å²) in [5, 5.41) is 6.11. The normalized spacial score (nSPS) is 25.6. The van der Waals surface area contributed by atoms with Gasteiger partial charge in [-0.3, -0.25) is 14.5 Å². The second-order valence-corrected chi connectivity index (χ2v) is 9.29. The first-order valence-electron chi connectivity index (χ1n) is 11.6. The molecule has 0 saturated carbocycles. The van der Waals surface area contributed by atoms with E-state index in [4.69, 9.17) is 4.74 Å². The lowest BCUT2D eigenvalue weighted by molar-refractivity contribution is -0.135. The van der Waals surface area contributed by atoms with Crippen molar-refractivity contribution >= 4 is 29.2 Å². The molecule has 7 heteroatoms. The van der Waals surface area contributed by atoms with Crippen molar-refractivity contribution in [3.63, 3.8) is 0 Å². The number of ether oxygens (including phenoxy) is 1. The van der Waals surface area contributed by atoms with Gasteiger partial charge in [-0.25, -0.2) is 4.79 Å². The Morgan fingerprint density at radius 2 is 1.97 bits per heavy atom. The standard InChI is InChI=1S/C26H29N3O4/c1-4-33-24(31)17-7-9-18(10-8-17)27-23(30)21-14-19-6-5-11-29(19)26(21)20-13-15(2)12-16(3)22(20)28-25(26)32/h7-10,12-13,19,21H,4-6,11,14H2,1-3H3,(H,27,30)(H,28,32)/t19-,21+,26-/m0/s1. The Labute approximate surface area is 193 Å². The zero-order valence-corrected chi connectivity index (χ0v) is 19.2. The van der Waals surface area contributed by atoms with Crippen LogP contribution in [0.25, 0.3) is 0 Å². The Morgan fingerprint density at radius 3 is 2.70 bits per heavy atom. The molecule has 2 saturated heterocycles. The van der Waals surface area contributed by atoms with E-state index in [1.54, 1.807) is 31.2 Å². The largest absolute Gasteiger partial charge is 0.462 e. The van der Waals surface area contributed by atoms with Crippen molar-refractivity contribution in [2.75, 3.05) is 23.8 Å². The number of amides is 2. The second kappa shape index (κ2) is 7.99. The Kier molecular flexibility index (Phi) is 5.24. The zero-order valence-electron chi connectivity index (χ0n) is 19.2. The third-order valence-corrected chi connectivity index (χ3v) is 7.30. The van der Waals surface area contributed by atoms with Crippen molar-refractivity contribution in [2.45, 2.75) is 51.6 Å². The Balaban J connectivity index is 1.49. The van der Waals surface area contributed by atoms with E-state index in [-0.39, 0.29) is 17.9 Å². The highest BCUT2D eigenvalue weighted by Crippen LogP contribution is 2.56. The molecule has 7 nitrogen and oxygen atoms in total. The molecule has 2 amide bonds. The van der Waals surface area contributed by atoms with Crippen LogP contribution in [0.15, 0.2) is 36.4 Å². The number of esters is 1. The van der Waals surface area contributed by atoms with Crippen molar-refractivity contribution in [1.29, 1.82) is 0 Å². The summed E-state index contributed by atoms with van der Waals surface area (Å²) in [4.78, 5) is 41.5. The molecule has 3 heterocycles. The van der Waals surface area contributed by atoms with Gasteiger partial charge in [0.25, 0.3) is 0 Å². The number of hydrogen-bond acceptors (Lipinski definition) is 5. The van der Waals surface area contributed by atoms with Gasteiger partial charge in [-0.2, -0.15) is 0 Å². The van der Waals surface area contributed by atoms with Crippen LogP contribution in [0.3, 0.4) is 0 Å². The highest BCUT2D eigenvalue weighted by Gasteiger charge is 2.65. The van der Waals surface area contributed by atoms with E-state index in [0.717, 1.165) is 41.8 Å². The van der Waals surface area contributed by atoms with Gasteiger partial charge in [-0.15, -0.1) is 0 Å². The first-order chi connectivity index (χ1) is 15.9. The molecule has 0 bridgehead atoms. The lowest BCUT2D eigenvalue weighted by Gasteiger charge is -2.36. The predicted molar refractivity (Wildman–Crippen MR) is 125 cm³/mol. The maximum atomic E-state index is 13.6. The van der Waals surface area contributed by atoms with Gasteiger partial charge >= 0.3 is 5.97 Å². The number of nitrogens with zero attached hydrogens (tertiary/aromatic N) is 1. The fraction of sp³-hybridized carbons (Fsp3) is 0.423. The molecule has 0 unspecified atom stereocenters. The van der Waals surface area contributed by atoms with Crippen LogP contribution >= 0.6 is 0 Å². The molecular weight excluding hydrogens is 418 g/mol. The van der Waals surface area contributed by atoms with Crippen LogP contribution in [0.5, 0.6) is 0 Å². The fourth-order valence-corrected chi connectivity index (χ4v) is 6.01. The highest BCUT2D eigenvalue weighted by atomic mass is 16.5. The van der Waals surface area contributed by atoms with Gasteiger partial charge in [-0.05, 0) is 76.4 Å². The number of benzene rings is 2. The number of anilines is 2. The lowest BCUT2D eigenvalue weighted by atomic mass is 9.77. The molecular formula is C26H29N3O4. The molecule has 1 spiro atoms. The van der Waals surface area contributed by atoms with E-state index < -0.39 is 17.4 Å². The average molecular weight is 448 g/mol. The first-order valence-corrected chi connectivity index (χ1v) is 11.6. The number of nitrogens with one attached hydrogen (secondary N) is 2. The summed E-state index contributed by atoms with van der Waals surface area (Å²) in [6.45, 7) is 6.90. The Hall–Kier alpha value is -3.19. The summed E-state index contributed by atoms with van der Waals surface area (Å²) in [5.74, 6) is -1.17. The molecule has 3 aliphatic rings. The van der Waals surface area contributed by atoms with Gasteiger partial charge in [0.2, 0.25) is 11.8 Å². The van der Waals surface area contributed by atoms with Crippen LogP contribution in [-0.2, 0) is 19.9 Å². The number of fused-ring (bicyclic) bond motifs is 4. The SMILES string of the molecule is CCOC(=O)c1ccc(NC(=O)[C@H]2C[C@@H]3CCCN3[C@]23C(=O)Nc2c(C)cc(C)cc23)cc1. The molecule has 3 atom stereocenters. The molecule has 0 radical (unpaired) electrons. The Bertz CT molecular complexity index is 1140. The van der Waals surface area contributed by atoms with E-state index in [0.29, 0.717) is 24.3 Å². The smallest absolute Gasteiger partial charge is 0.338 e. The molecule has 2 aromatic rings. The first kappa shape index (κ1) is 21.6. The zero-order chi connectivity index (χ0) is 23.3. The molecule has 172 valence electrons. The number of hydrogen-bond donors (Lipinski definition) is 2. The van der Waals surface area contributed by atoms with Crippen molar-refractivity contribution < 1.29 is 19.1 Å². The Morgan fingerprint density at radius 1 is 1.21 bits per heavy atom. The molecule has 0 aliphatic carbocycles. The fourth-order valence-electron chi connectivity index (χ4n) is 6.01. The topological polar surface area (TPSA) is 87.7 Å². The van der Waals surface area contributed by atoms with Crippen molar-refractivity contribution in [2.24, 2.45) is 5.92 Å². The summed E-state index contributed by atoms with van der Waals surface area (Å²) in [7, 11) is 0. The third kappa shape index (κ3) is 3.25. The molecule has 3 aliphatic heterocycles. The predicted octanol–water partition coefficient (Wildman–Crippen LogP) is 3.75. The van der Waals surface area contributed by atoms with Gasteiger partial charge in [0.1, 0.15) is 5.54 Å². The second-order valence-electron chi connectivity index (χ2n) is 9.29. The maximum absolute atomic E-state index is 13.6. The molecule has 2 N–H and O–H groups in total. The molecule has 2 aromatic carbocycles. The minimum Gasteiger partial charge on any atom is -0.462 e. The van der Waals surface area contributed by atoms with Crippen LogP contribution in [0.2, 0.25) is 0 Å². The monoisotopic (exact) mass is 447 g/mol. The van der Waals surface area contributed by atoms with Crippen LogP contribution in [0, 0.1) is 19.8 Å². The van der Waals surface area contributed by atoms with Crippen LogP contribution in [-0.4, -0.2) is 41.9 Å². The summed E-state index contributed by atoms with van der Waals surface area (Å²) in [6.07, 6.45) is 2.67. The number of rotatable bonds is 4. The highest BCUT2D eigenvalue weighted by molar-refractivity contribution is 6.11. The summed E-state index contributed by atoms with van der Waals surface area (Å²) in [6, 6.07) is 11.0. The molecule has 5 rings (SSSR count). The molecule has 2 fully saturated rings. The van der Waals surface area contributed by atoms with Crippen molar-refractivity contribution in [3.05, 3.63) is 58.7 Å². The average Bonchev–Trinajstić information content (AvgIpc) is 3.44. The summed E-state index contributed by atoms with van der Waals surface area (Å²) < 4.78 is 5.02. The lowest BCUT2D eigenvalue weighted by Crippen LogP contribution is -2.53. The van der Waals surface area contributed by atoms with Gasteiger partial charge in [-0.1, -0.05) is 17.7 Å². The van der Waals surface area contributed by atoms with Crippen LogP contribution in [0.4, 0.5) is 11.4 Å². The minimum absolute atomic E-state index is 0.103. The quantitative estimate of drug-likeness (QED) is 0.697. The van der Waals surface area contributed by atoms with Crippen LogP contribution in [0.1, 0.15) is 53.2 Å². The van der Waals surface area contributed by atoms with E-state index in [1.165, 1.54) is 0 Å². The maximum Gasteiger partial charge on any atom is 0.338 e. The van der Waals surface area contributed by atoms with E-state index >= 15 is 0 Å². The van der Waals surface area contributed by atoms with Crippen LogP contribution < -0.4 is 10.6 Å². The van der Waals surface area contributed by atoms with Gasteiger partial charge in [0, 0.05) is 23.0 Å². The van der Waals surface area contributed by atoms with Gasteiger partial charge in [0.15, 0.2) is 0 Å². The molecule has 0 aromatic heterocycles. The van der Waals surface area contributed by atoms with E-state index in [1.807, 2.05) is 13.8 Å². The molecule has 33 heavy (non-hydrogen) atoms. The number of carbonyl (C=O) groups is 3. The van der Waals surface area contributed by atoms with Crippen molar-refractivity contribution in [3.8, 4) is 0 Å².